The van der Waals surface area contributed by atoms with E-state index >= 15 is 0 Å². The zero-order chi connectivity index (χ0) is 13.4. The van der Waals surface area contributed by atoms with Crippen LogP contribution < -0.4 is 0 Å². The molecular formula is C15H28O3. The molecule has 1 aliphatic rings. The molecule has 1 saturated carbocycles. The predicted octanol–water partition coefficient (Wildman–Crippen LogP) is 3.42. The quantitative estimate of drug-likeness (QED) is 0.370. The van der Waals surface area contributed by atoms with Gasteiger partial charge in [0, 0.05) is 14.2 Å². The molecule has 106 valence electrons. The minimum atomic E-state index is -0.517. The number of aliphatic hydroxyl groups is 1. The van der Waals surface area contributed by atoms with Crippen molar-refractivity contribution in [3.8, 4) is 0 Å². The van der Waals surface area contributed by atoms with Crippen molar-refractivity contribution in [3.63, 3.8) is 0 Å². The van der Waals surface area contributed by atoms with Crippen LogP contribution in [0.5, 0.6) is 0 Å². The number of hydrogen-bond donors (Lipinski definition) is 1. The topological polar surface area (TPSA) is 38.7 Å². The lowest BCUT2D eigenvalue weighted by Crippen LogP contribution is -2.38. The van der Waals surface area contributed by atoms with E-state index in [4.69, 9.17) is 9.47 Å². The van der Waals surface area contributed by atoms with Crippen molar-refractivity contribution in [3.05, 3.63) is 12.2 Å². The Morgan fingerprint density at radius 3 is 2.28 bits per heavy atom. The molecule has 0 atom stereocenters. The molecule has 0 amide bonds. The highest BCUT2D eigenvalue weighted by atomic mass is 16.7. The number of rotatable bonds is 10. The van der Waals surface area contributed by atoms with E-state index in [1.165, 1.54) is 12.8 Å². The second kappa shape index (κ2) is 7.93. The summed E-state index contributed by atoms with van der Waals surface area (Å²) in [5, 5.41) is 10.1. The first-order chi connectivity index (χ1) is 8.62. The SMILES string of the molecule is C=C(CCCCCCC(OC)OC)C1(O)CCC1. The Kier molecular flexibility index (Phi) is 6.90. The number of unbranched alkanes of at least 4 members (excludes halogenated alkanes) is 3. The molecule has 0 aromatic rings. The fourth-order valence-electron chi connectivity index (χ4n) is 2.43. The van der Waals surface area contributed by atoms with Gasteiger partial charge in [0.1, 0.15) is 0 Å². The van der Waals surface area contributed by atoms with Gasteiger partial charge in [0.25, 0.3) is 0 Å². The summed E-state index contributed by atoms with van der Waals surface area (Å²) in [4.78, 5) is 0. The van der Waals surface area contributed by atoms with E-state index in [1.54, 1.807) is 14.2 Å². The molecule has 1 fully saturated rings. The molecule has 0 spiro atoms. The van der Waals surface area contributed by atoms with Crippen LogP contribution in [0.3, 0.4) is 0 Å². The fourth-order valence-corrected chi connectivity index (χ4v) is 2.43. The van der Waals surface area contributed by atoms with Crippen LogP contribution in [0, 0.1) is 0 Å². The molecule has 3 heteroatoms. The molecule has 0 unspecified atom stereocenters. The molecule has 0 bridgehead atoms. The third-order valence-corrected chi connectivity index (χ3v) is 4.03. The van der Waals surface area contributed by atoms with Crippen LogP contribution in [0.15, 0.2) is 12.2 Å². The smallest absolute Gasteiger partial charge is 0.156 e. The Balaban J connectivity index is 1.97. The largest absolute Gasteiger partial charge is 0.386 e. The maximum Gasteiger partial charge on any atom is 0.156 e. The van der Waals surface area contributed by atoms with Crippen molar-refractivity contribution in [1.29, 1.82) is 0 Å². The van der Waals surface area contributed by atoms with Crippen molar-refractivity contribution in [2.45, 2.75) is 69.7 Å². The van der Waals surface area contributed by atoms with E-state index in [1.807, 2.05) is 0 Å². The van der Waals surface area contributed by atoms with Gasteiger partial charge in [0.2, 0.25) is 0 Å². The van der Waals surface area contributed by atoms with Crippen molar-refractivity contribution >= 4 is 0 Å². The van der Waals surface area contributed by atoms with Crippen LogP contribution in [0.25, 0.3) is 0 Å². The second-order valence-corrected chi connectivity index (χ2v) is 5.34. The van der Waals surface area contributed by atoms with Gasteiger partial charge in [0.05, 0.1) is 5.60 Å². The minimum absolute atomic E-state index is 0.0596. The molecule has 1 rings (SSSR count). The van der Waals surface area contributed by atoms with Gasteiger partial charge in [-0.3, -0.25) is 0 Å². The van der Waals surface area contributed by atoms with Gasteiger partial charge in [0.15, 0.2) is 6.29 Å². The zero-order valence-electron chi connectivity index (χ0n) is 11.9. The number of methoxy groups -OCH3 is 2. The molecule has 18 heavy (non-hydrogen) atoms. The average Bonchev–Trinajstić information content (AvgIpc) is 2.35. The standard InChI is InChI=1S/C15H28O3/c1-13(15(16)11-8-12-15)9-6-4-5-7-10-14(17-2)18-3/h14,16H,1,4-12H2,2-3H3. The number of ether oxygens (including phenoxy) is 2. The monoisotopic (exact) mass is 256 g/mol. The van der Waals surface area contributed by atoms with Crippen molar-refractivity contribution in [1.82, 2.24) is 0 Å². The summed E-state index contributed by atoms with van der Waals surface area (Å²) in [6.07, 6.45) is 9.47. The first-order valence-electron chi connectivity index (χ1n) is 7.08. The molecule has 1 aliphatic carbocycles. The Bertz CT molecular complexity index is 242. The Morgan fingerprint density at radius 2 is 1.78 bits per heavy atom. The van der Waals surface area contributed by atoms with Crippen LogP contribution in [-0.4, -0.2) is 31.2 Å². The molecule has 0 aromatic carbocycles. The molecule has 0 saturated heterocycles. The maximum atomic E-state index is 10.1. The molecule has 0 aliphatic heterocycles. The summed E-state index contributed by atoms with van der Waals surface area (Å²) in [5.41, 5.74) is 0.525. The van der Waals surface area contributed by atoms with Crippen LogP contribution in [-0.2, 0) is 9.47 Å². The van der Waals surface area contributed by atoms with Gasteiger partial charge in [-0.2, -0.15) is 0 Å². The summed E-state index contributed by atoms with van der Waals surface area (Å²) < 4.78 is 10.3. The fraction of sp³-hybridized carbons (Fsp3) is 0.867. The highest BCUT2D eigenvalue weighted by Gasteiger charge is 2.36. The zero-order valence-corrected chi connectivity index (χ0v) is 11.9. The second-order valence-electron chi connectivity index (χ2n) is 5.34. The average molecular weight is 256 g/mol. The van der Waals surface area contributed by atoms with E-state index in [9.17, 15) is 5.11 Å². The van der Waals surface area contributed by atoms with Gasteiger partial charge >= 0.3 is 0 Å². The van der Waals surface area contributed by atoms with E-state index in [0.29, 0.717) is 0 Å². The third kappa shape index (κ3) is 4.71. The van der Waals surface area contributed by atoms with Crippen molar-refractivity contribution < 1.29 is 14.6 Å². The van der Waals surface area contributed by atoms with E-state index in [-0.39, 0.29) is 6.29 Å². The first kappa shape index (κ1) is 15.7. The van der Waals surface area contributed by atoms with Crippen molar-refractivity contribution in [2.24, 2.45) is 0 Å². The van der Waals surface area contributed by atoms with Crippen molar-refractivity contribution in [2.75, 3.05) is 14.2 Å². The Hall–Kier alpha value is -0.380. The lowest BCUT2D eigenvalue weighted by molar-refractivity contribution is -0.107. The van der Waals surface area contributed by atoms with Gasteiger partial charge in [-0.05, 0) is 50.5 Å². The van der Waals surface area contributed by atoms with Gasteiger partial charge < -0.3 is 14.6 Å². The summed E-state index contributed by atoms with van der Waals surface area (Å²) in [6.45, 7) is 4.03. The van der Waals surface area contributed by atoms with Gasteiger partial charge in [-0.25, -0.2) is 0 Å². The highest BCUT2D eigenvalue weighted by Crippen LogP contribution is 2.39. The Morgan fingerprint density at radius 1 is 1.17 bits per heavy atom. The summed E-state index contributed by atoms with van der Waals surface area (Å²) in [5.74, 6) is 0. The molecular weight excluding hydrogens is 228 g/mol. The summed E-state index contributed by atoms with van der Waals surface area (Å²) in [7, 11) is 3.36. The highest BCUT2D eigenvalue weighted by molar-refractivity contribution is 5.16. The lowest BCUT2D eigenvalue weighted by Gasteiger charge is -2.38. The van der Waals surface area contributed by atoms with Crippen LogP contribution in [0.2, 0.25) is 0 Å². The van der Waals surface area contributed by atoms with Gasteiger partial charge in [-0.1, -0.05) is 19.4 Å². The van der Waals surface area contributed by atoms with E-state index in [2.05, 4.69) is 6.58 Å². The lowest BCUT2D eigenvalue weighted by atomic mass is 9.74. The van der Waals surface area contributed by atoms with E-state index < -0.39 is 5.60 Å². The normalized spacial score (nSPS) is 17.8. The molecule has 0 radical (unpaired) electrons. The van der Waals surface area contributed by atoms with Crippen LogP contribution in [0.1, 0.15) is 57.8 Å². The first-order valence-corrected chi connectivity index (χ1v) is 7.08. The third-order valence-electron chi connectivity index (χ3n) is 4.03. The molecule has 0 aromatic heterocycles. The predicted molar refractivity (Wildman–Crippen MR) is 73.4 cm³/mol. The Labute approximate surface area is 111 Å². The van der Waals surface area contributed by atoms with E-state index in [0.717, 1.165) is 50.5 Å². The molecule has 3 nitrogen and oxygen atoms in total. The molecule has 1 N–H and O–H groups in total. The van der Waals surface area contributed by atoms with Crippen LogP contribution in [0.4, 0.5) is 0 Å². The number of hydrogen-bond acceptors (Lipinski definition) is 3. The summed E-state index contributed by atoms with van der Waals surface area (Å²) in [6, 6.07) is 0. The molecule has 0 heterocycles. The maximum absolute atomic E-state index is 10.1. The summed E-state index contributed by atoms with van der Waals surface area (Å²) >= 11 is 0. The van der Waals surface area contributed by atoms with Gasteiger partial charge in [-0.15, -0.1) is 0 Å². The minimum Gasteiger partial charge on any atom is -0.386 e. The van der Waals surface area contributed by atoms with Crippen LogP contribution >= 0.6 is 0 Å².